The molecule has 1 unspecified atom stereocenters. The minimum Gasteiger partial charge on any atom is -0.497 e. The second-order valence-electron chi connectivity index (χ2n) is 6.17. The van der Waals surface area contributed by atoms with Crippen LogP contribution in [0, 0.1) is 5.41 Å². The maximum atomic E-state index is 5.60. The third-order valence-corrected chi connectivity index (χ3v) is 5.18. The Kier molecular flexibility index (Phi) is 3.88. The number of methoxy groups -OCH3 is 2. The van der Waals surface area contributed by atoms with Crippen LogP contribution >= 0.6 is 0 Å². The van der Waals surface area contributed by atoms with Gasteiger partial charge in [0.25, 0.3) is 0 Å². The standard InChI is InChI=1S/C17H25NO2/c1-19-13-6-7-15(20-2)14(12-13)16-17(10-11-18-16)8-4-3-5-9-17/h6-7,12,16,18H,3-5,8-11H2,1-2H3. The molecule has 1 saturated heterocycles. The van der Waals surface area contributed by atoms with Crippen LogP contribution in [0.4, 0.5) is 0 Å². The molecule has 1 atom stereocenters. The molecule has 3 rings (SSSR count). The highest BCUT2D eigenvalue weighted by Crippen LogP contribution is 2.53. The number of nitrogens with one attached hydrogen (secondary N) is 1. The normalized spacial score (nSPS) is 24.8. The van der Waals surface area contributed by atoms with Crippen molar-refractivity contribution in [2.24, 2.45) is 5.41 Å². The van der Waals surface area contributed by atoms with Gasteiger partial charge in [0.05, 0.1) is 14.2 Å². The van der Waals surface area contributed by atoms with Crippen molar-refractivity contribution in [1.82, 2.24) is 5.32 Å². The monoisotopic (exact) mass is 275 g/mol. The first-order chi connectivity index (χ1) is 9.79. The molecule has 1 aliphatic heterocycles. The van der Waals surface area contributed by atoms with E-state index < -0.39 is 0 Å². The first-order valence-electron chi connectivity index (χ1n) is 7.74. The van der Waals surface area contributed by atoms with Crippen molar-refractivity contribution >= 4 is 0 Å². The summed E-state index contributed by atoms with van der Waals surface area (Å²) in [5.41, 5.74) is 1.70. The Morgan fingerprint density at radius 2 is 1.85 bits per heavy atom. The van der Waals surface area contributed by atoms with Gasteiger partial charge < -0.3 is 14.8 Å². The van der Waals surface area contributed by atoms with Crippen molar-refractivity contribution < 1.29 is 9.47 Å². The number of rotatable bonds is 3. The maximum Gasteiger partial charge on any atom is 0.123 e. The minimum absolute atomic E-state index is 0.410. The molecule has 0 amide bonds. The van der Waals surface area contributed by atoms with E-state index >= 15 is 0 Å². The summed E-state index contributed by atoms with van der Waals surface area (Å²) in [5, 5.41) is 3.72. The molecule has 1 heterocycles. The predicted molar refractivity (Wildman–Crippen MR) is 80.4 cm³/mol. The second kappa shape index (κ2) is 5.65. The molecule has 3 nitrogen and oxygen atoms in total. The zero-order valence-electron chi connectivity index (χ0n) is 12.6. The Bertz CT molecular complexity index is 466. The van der Waals surface area contributed by atoms with Crippen LogP contribution in [0.1, 0.15) is 50.1 Å². The van der Waals surface area contributed by atoms with Crippen molar-refractivity contribution in [3.8, 4) is 11.5 Å². The average Bonchev–Trinajstić information content (AvgIpc) is 2.90. The van der Waals surface area contributed by atoms with E-state index in [0.29, 0.717) is 11.5 Å². The molecule has 110 valence electrons. The molecule has 0 aromatic heterocycles. The molecule has 2 aliphatic rings. The predicted octanol–water partition coefficient (Wildman–Crippen LogP) is 3.69. The molecule has 1 aliphatic carbocycles. The molecular weight excluding hydrogens is 250 g/mol. The first-order valence-corrected chi connectivity index (χ1v) is 7.74. The summed E-state index contributed by atoms with van der Waals surface area (Å²) in [4.78, 5) is 0. The SMILES string of the molecule is COc1ccc(OC)c(C2NCCC23CCCCC3)c1. The summed E-state index contributed by atoms with van der Waals surface area (Å²) < 4.78 is 11.0. The largest absolute Gasteiger partial charge is 0.497 e. The Balaban J connectivity index is 1.98. The van der Waals surface area contributed by atoms with Gasteiger partial charge in [-0.1, -0.05) is 19.3 Å². The summed E-state index contributed by atoms with van der Waals surface area (Å²) >= 11 is 0. The molecule has 1 aromatic carbocycles. The van der Waals surface area contributed by atoms with Crippen molar-refractivity contribution in [1.29, 1.82) is 0 Å². The van der Waals surface area contributed by atoms with Crippen LogP contribution in [0.15, 0.2) is 18.2 Å². The van der Waals surface area contributed by atoms with Crippen molar-refractivity contribution in [2.45, 2.75) is 44.6 Å². The zero-order valence-corrected chi connectivity index (χ0v) is 12.6. The molecule has 1 spiro atoms. The van der Waals surface area contributed by atoms with E-state index in [1.807, 2.05) is 12.1 Å². The fourth-order valence-electron chi connectivity index (χ4n) is 4.13. The quantitative estimate of drug-likeness (QED) is 0.912. The van der Waals surface area contributed by atoms with Gasteiger partial charge in [-0.3, -0.25) is 0 Å². The van der Waals surface area contributed by atoms with Crippen molar-refractivity contribution in [3.63, 3.8) is 0 Å². The number of hydrogen-bond acceptors (Lipinski definition) is 3. The van der Waals surface area contributed by atoms with E-state index in [2.05, 4.69) is 11.4 Å². The van der Waals surface area contributed by atoms with Crippen LogP contribution in [-0.4, -0.2) is 20.8 Å². The second-order valence-corrected chi connectivity index (χ2v) is 6.17. The van der Waals surface area contributed by atoms with E-state index in [0.717, 1.165) is 18.0 Å². The average molecular weight is 275 g/mol. The van der Waals surface area contributed by atoms with Gasteiger partial charge >= 0.3 is 0 Å². The third kappa shape index (κ3) is 2.28. The maximum absolute atomic E-state index is 5.60. The molecule has 3 heteroatoms. The summed E-state index contributed by atoms with van der Waals surface area (Å²) in [7, 11) is 3.48. The Labute approximate surface area is 121 Å². The van der Waals surface area contributed by atoms with Gasteiger partial charge in [-0.05, 0) is 49.4 Å². The highest BCUT2D eigenvalue weighted by atomic mass is 16.5. The first kappa shape index (κ1) is 13.7. The van der Waals surface area contributed by atoms with Crippen LogP contribution in [-0.2, 0) is 0 Å². The van der Waals surface area contributed by atoms with E-state index in [1.54, 1.807) is 14.2 Å². The summed E-state index contributed by atoms with van der Waals surface area (Å²) in [5.74, 6) is 1.90. The summed E-state index contributed by atoms with van der Waals surface area (Å²) in [6.07, 6.45) is 8.09. The Morgan fingerprint density at radius 3 is 2.55 bits per heavy atom. The third-order valence-electron chi connectivity index (χ3n) is 5.18. The molecule has 2 fully saturated rings. The van der Waals surface area contributed by atoms with E-state index in [4.69, 9.17) is 9.47 Å². The van der Waals surface area contributed by atoms with Crippen LogP contribution in [0.2, 0.25) is 0 Å². The lowest BCUT2D eigenvalue weighted by Crippen LogP contribution is -2.31. The summed E-state index contributed by atoms with van der Waals surface area (Å²) in [6, 6.07) is 6.57. The fourth-order valence-corrected chi connectivity index (χ4v) is 4.13. The van der Waals surface area contributed by atoms with Gasteiger partial charge in [0.1, 0.15) is 11.5 Å². The Hall–Kier alpha value is -1.22. The number of benzene rings is 1. The van der Waals surface area contributed by atoms with Crippen molar-refractivity contribution in [3.05, 3.63) is 23.8 Å². The van der Waals surface area contributed by atoms with E-state index in [9.17, 15) is 0 Å². The lowest BCUT2D eigenvalue weighted by Gasteiger charge is -2.39. The van der Waals surface area contributed by atoms with Gasteiger partial charge in [0.2, 0.25) is 0 Å². The lowest BCUT2D eigenvalue weighted by atomic mass is 9.67. The van der Waals surface area contributed by atoms with Crippen molar-refractivity contribution in [2.75, 3.05) is 20.8 Å². The fraction of sp³-hybridized carbons (Fsp3) is 0.647. The van der Waals surface area contributed by atoms with Crippen LogP contribution < -0.4 is 14.8 Å². The highest BCUT2D eigenvalue weighted by molar-refractivity contribution is 5.43. The zero-order chi connectivity index (χ0) is 14.0. The minimum atomic E-state index is 0.410. The smallest absolute Gasteiger partial charge is 0.123 e. The molecular formula is C17H25NO2. The molecule has 1 saturated carbocycles. The lowest BCUT2D eigenvalue weighted by molar-refractivity contribution is 0.162. The number of ether oxygens (including phenoxy) is 2. The number of hydrogen-bond donors (Lipinski definition) is 1. The van der Waals surface area contributed by atoms with Crippen LogP contribution in [0.5, 0.6) is 11.5 Å². The van der Waals surface area contributed by atoms with E-state index in [-0.39, 0.29) is 0 Å². The molecule has 20 heavy (non-hydrogen) atoms. The van der Waals surface area contributed by atoms with Crippen LogP contribution in [0.3, 0.4) is 0 Å². The highest BCUT2D eigenvalue weighted by Gasteiger charge is 2.44. The van der Waals surface area contributed by atoms with Gasteiger partial charge in [-0.15, -0.1) is 0 Å². The molecule has 0 radical (unpaired) electrons. The Morgan fingerprint density at radius 1 is 1.05 bits per heavy atom. The van der Waals surface area contributed by atoms with Gasteiger partial charge in [0, 0.05) is 11.6 Å². The van der Waals surface area contributed by atoms with Crippen LogP contribution in [0.25, 0.3) is 0 Å². The van der Waals surface area contributed by atoms with Gasteiger partial charge in [-0.25, -0.2) is 0 Å². The van der Waals surface area contributed by atoms with E-state index in [1.165, 1.54) is 44.1 Å². The molecule has 1 aromatic rings. The van der Waals surface area contributed by atoms with Gasteiger partial charge in [0.15, 0.2) is 0 Å². The molecule has 0 bridgehead atoms. The van der Waals surface area contributed by atoms with Gasteiger partial charge in [-0.2, -0.15) is 0 Å². The molecule has 1 N–H and O–H groups in total. The summed E-state index contributed by atoms with van der Waals surface area (Å²) in [6.45, 7) is 1.12. The topological polar surface area (TPSA) is 30.5 Å².